The van der Waals surface area contributed by atoms with Crippen LogP contribution in [0.4, 0.5) is 11.9 Å². The van der Waals surface area contributed by atoms with Crippen LogP contribution in [-0.2, 0) is 0 Å². The number of aromatic nitrogens is 3. The Morgan fingerprint density at radius 2 is 1.90 bits per heavy atom. The number of ether oxygens (including phenoxy) is 1. The summed E-state index contributed by atoms with van der Waals surface area (Å²) >= 11 is 0. The van der Waals surface area contributed by atoms with E-state index in [2.05, 4.69) is 45.9 Å². The molecule has 2 unspecified atom stereocenters. The summed E-state index contributed by atoms with van der Waals surface area (Å²) in [5.41, 5.74) is 0. The van der Waals surface area contributed by atoms with E-state index >= 15 is 0 Å². The Labute approximate surface area is 121 Å². The average Bonchev–Trinajstić information content (AvgIpc) is 2.43. The van der Waals surface area contributed by atoms with Crippen LogP contribution in [0.15, 0.2) is 0 Å². The van der Waals surface area contributed by atoms with E-state index in [-0.39, 0.29) is 0 Å². The average molecular weight is 279 g/mol. The van der Waals surface area contributed by atoms with E-state index in [4.69, 9.17) is 4.74 Å². The quantitative estimate of drug-likeness (QED) is 0.891. The first-order valence-electron chi connectivity index (χ1n) is 7.41. The number of piperidine rings is 1. The highest BCUT2D eigenvalue weighted by atomic mass is 16.5. The molecule has 0 saturated carbocycles. The normalized spacial score (nSPS) is 22.7. The Balaban J connectivity index is 2.20. The van der Waals surface area contributed by atoms with Gasteiger partial charge in [-0.3, -0.25) is 0 Å². The van der Waals surface area contributed by atoms with Gasteiger partial charge in [0.25, 0.3) is 0 Å². The molecule has 1 aromatic heterocycles. The van der Waals surface area contributed by atoms with Crippen molar-refractivity contribution in [1.29, 1.82) is 0 Å². The predicted molar refractivity (Wildman–Crippen MR) is 80.3 cm³/mol. The topological polar surface area (TPSA) is 63.2 Å². The van der Waals surface area contributed by atoms with Gasteiger partial charge in [0.2, 0.25) is 11.9 Å². The highest BCUT2D eigenvalue weighted by Gasteiger charge is 2.24. The summed E-state index contributed by atoms with van der Waals surface area (Å²) in [6.07, 6.45) is 2.29. The van der Waals surface area contributed by atoms with Crippen LogP contribution in [0.5, 0.6) is 6.01 Å². The smallest absolute Gasteiger partial charge is 0.322 e. The van der Waals surface area contributed by atoms with E-state index in [0.29, 0.717) is 29.7 Å². The van der Waals surface area contributed by atoms with E-state index < -0.39 is 0 Å². The van der Waals surface area contributed by atoms with Crippen molar-refractivity contribution in [2.24, 2.45) is 11.8 Å². The van der Waals surface area contributed by atoms with Crippen LogP contribution >= 0.6 is 0 Å². The Morgan fingerprint density at radius 1 is 1.20 bits per heavy atom. The zero-order valence-electron chi connectivity index (χ0n) is 12.9. The second-order valence-corrected chi connectivity index (χ2v) is 5.72. The summed E-state index contributed by atoms with van der Waals surface area (Å²) in [6.45, 7) is 9.49. The number of hydrogen-bond donors (Lipinski definition) is 1. The zero-order valence-corrected chi connectivity index (χ0v) is 12.9. The van der Waals surface area contributed by atoms with Crippen molar-refractivity contribution < 1.29 is 4.74 Å². The van der Waals surface area contributed by atoms with Crippen molar-refractivity contribution in [3.8, 4) is 6.01 Å². The number of nitrogens with one attached hydrogen (secondary N) is 1. The molecule has 2 rings (SSSR count). The van der Waals surface area contributed by atoms with Gasteiger partial charge < -0.3 is 15.0 Å². The van der Waals surface area contributed by atoms with Gasteiger partial charge in [-0.25, -0.2) is 0 Å². The van der Waals surface area contributed by atoms with Crippen molar-refractivity contribution in [2.45, 2.75) is 33.6 Å². The molecule has 1 fully saturated rings. The number of anilines is 2. The molecule has 1 aliphatic heterocycles. The largest absolute Gasteiger partial charge is 0.467 e. The molecule has 20 heavy (non-hydrogen) atoms. The highest BCUT2D eigenvalue weighted by Crippen LogP contribution is 2.25. The van der Waals surface area contributed by atoms with Crippen LogP contribution in [0.1, 0.15) is 33.6 Å². The third-order valence-electron chi connectivity index (χ3n) is 3.47. The highest BCUT2D eigenvalue weighted by molar-refractivity contribution is 5.39. The number of nitrogens with zero attached hydrogens (tertiary/aromatic N) is 4. The lowest BCUT2D eigenvalue weighted by Crippen LogP contribution is -2.39. The van der Waals surface area contributed by atoms with Gasteiger partial charge in [0.1, 0.15) is 0 Å². The molecule has 2 heterocycles. The molecular weight excluding hydrogens is 254 g/mol. The van der Waals surface area contributed by atoms with Crippen molar-refractivity contribution >= 4 is 11.9 Å². The molecule has 0 aliphatic carbocycles. The van der Waals surface area contributed by atoms with E-state index in [1.807, 2.05) is 0 Å². The van der Waals surface area contributed by atoms with Crippen molar-refractivity contribution in [3.05, 3.63) is 0 Å². The molecule has 6 heteroatoms. The second-order valence-electron chi connectivity index (χ2n) is 5.72. The summed E-state index contributed by atoms with van der Waals surface area (Å²) in [5.74, 6) is 2.63. The number of methoxy groups -OCH3 is 1. The molecule has 0 amide bonds. The molecule has 112 valence electrons. The zero-order chi connectivity index (χ0) is 14.5. The molecule has 0 aromatic carbocycles. The SMILES string of the molecule is CCCNc1nc(OC)nc(N2CC(C)CC(C)C2)n1. The monoisotopic (exact) mass is 279 g/mol. The van der Waals surface area contributed by atoms with Crippen LogP contribution < -0.4 is 15.0 Å². The molecule has 0 bridgehead atoms. The van der Waals surface area contributed by atoms with Gasteiger partial charge in [0.05, 0.1) is 7.11 Å². The molecule has 2 atom stereocenters. The number of rotatable bonds is 5. The predicted octanol–water partition coefficient (Wildman–Crippen LogP) is 2.18. The third kappa shape index (κ3) is 3.71. The molecule has 1 aliphatic rings. The van der Waals surface area contributed by atoms with Crippen LogP contribution in [-0.4, -0.2) is 41.7 Å². The minimum absolute atomic E-state index is 0.375. The van der Waals surface area contributed by atoms with E-state index in [0.717, 1.165) is 26.1 Å². The lowest BCUT2D eigenvalue weighted by molar-refractivity contribution is 0.348. The number of hydrogen-bond acceptors (Lipinski definition) is 6. The minimum Gasteiger partial charge on any atom is -0.467 e. The van der Waals surface area contributed by atoms with Crippen LogP contribution in [0, 0.1) is 11.8 Å². The maximum Gasteiger partial charge on any atom is 0.322 e. The summed E-state index contributed by atoms with van der Waals surface area (Å²) < 4.78 is 5.19. The molecule has 0 radical (unpaired) electrons. The Hall–Kier alpha value is -1.59. The van der Waals surface area contributed by atoms with Gasteiger partial charge in [-0.05, 0) is 24.7 Å². The van der Waals surface area contributed by atoms with Crippen LogP contribution in [0.25, 0.3) is 0 Å². The second kappa shape index (κ2) is 6.72. The standard InChI is InChI=1S/C14H25N5O/c1-5-6-15-12-16-13(18-14(17-12)20-4)19-8-10(2)7-11(3)9-19/h10-11H,5-9H2,1-4H3,(H,15,16,17,18). The Morgan fingerprint density at radius 3 is 2.50 bits per heavy atom. The van der Waals surface area contributed by atoms with Gasteiger partial charge in [-0.1, -0.05) is 20.8 Å². The van der Waals surface area contributed by atoms with Gasteiger partial charge >= 0.3 is 6.01 Å². The fraction of sp³-hybridized carbons (Fsp3) is 0.786. The van der Waals surface area contributed by atoms with Crippen molar-refractivity contribution in [3.63, 3.8) is 0 Å². The lowest BCUT2D eigenvalue weighted by atomic mass is 9.92. The summed E-state index contributed by atoms with van der Waals surface area (Å²) in [4.78, 5) is 15.4. The summed E-state index contributed by atoms with van der Waals surface area (Å²) in [5, 5.41) is 3.20. The molecule has 6 nitrogen and oxygen atoms in total. The Bertz CT molecular complexity index is 430. The first kappa shape index (κ1) is 14.8. The van der Waals surface area contributed by atoms with E-state index in [1.54, 1.807) is 7.11 Å². The van der Waals surface area contributed by atoms with Gasteiger partial charge in [-0.15, -0.1) is 0 Å². The van der Waals surface area contributed by atoms with Crippen LogP contribution in [0.3, 0.4) is 0 Å². The van der Waals surface area contributed by atoms with E-state index in [1.165, 1.54) is 6.42 Å². The maximum absolute atomic E-state index is 5.19. The molecular formula is C14H25N5O. The van der Waals surface area contributed by atoms with Gasteiger partial charge in [0.15, 0.2) is 0 Å². The summed E-state index contributed by atoms with van der Waals surface area (Å²) in [6, 6.07) is 0.375. The van der Waals surface area contributed by atoms with Crippen molar-refractivity contribution in [2.75, 3.05) is 37.0 Å². The Kier molecular flexibility index (Phi) is 4.98. The van der Waals surface area contributed by atoms with E-state index in [9.17, 15) is 0 Å². The third-order valence-corrected chi connectivity index (χ3v) is 3.47. The first-order valence-corrected chi connectivity index (χ1v) is 7.41. The van der Waals surface area contributed by atoms with Gasteiger partial charge in [0, 0.05) is 19.6 Å². The first-order chi connectivity index (χ1) is 9.62. The molecule has 1 N–H and O–H groups in total. The van der Waals surface area contributed by atoms with Gasteiger partial charge in [-0.2, -0.15) is 15.0 Å². The lowest BCUT2D eigenvalue weighted by Gasteiger charge is -2.35. The molecule has 1 saturated heterocycles. The fourth-order valence-electron chi connectivity index (χ4n) is 2.72. The summed E-state index contributed by atoms with van der Waals surface area (Å²) in [7, 11) is 1.59. The minimum atomic E-state index is 0.375. The molecule has 0 spiro atoms. The van der Waals surface area contributed by atoms with Crippen LogP contribution in [0.2, 0.25) is 0 Å². The van der Waals surface area contributed by atoms with Crippen molar-refractivity contribution in [1.82, 2.24) is 15.0 Å². The fourth-order valence-corrected chi connectivity index (χ4v) is 2.72. The molecule has 1 aromatic rings. The maximum atomic E-state index is 5.19.